The minimum atomic E-state index is -0.119. The third-order valence-corrected chi connectivity index (χ3v) is 2.84. The van der Waals surface area contributed by atoms with E-state index in [9.17, 15) is 9.90 Å². The maximum Gasteiger partial charge on any atom is 0.314 e. The van der Waals surface area contributed by atoms with Crippen LogP contribution in [0.1, 0.15) is 12.5 Å². The first-order valence-electron chi connectivity index (χ1n) is 4.91. The molecule has 0 aliphatic carbocycles. The zero-order chi connectivity index (χ0) is 10.9. The molecule has 15 heavy (non-hydrogen) atoms. The van der Waals surface area contributed by atoms with Gasteiger partial charge in [-0.2, -0.15) is 0 Å². The van der Waals surface area contributed by atoms with Gasteiger partial charge in [-0.15, -0.1) is 0 Å². The minimum Gasteiger partial charge on any atom is -0.508 e. The molecule has 2 rings (SSSR count). The van der Waals surface area contributed by atoms with Crippen LogP contribution in [0.3, 0.4) is 0 Å². The lowest BCUT2D eigenvalue weighted by molar-refractivity contribution is 0.225. The van der Waals surface area contributed by atoms with Gasteiger partial charge < -0.3 is 15.7 Å². The van der Waals surface area contributed by atoms with Gasteiger partial charge in [0.25, 0.3) is 0 Å². The van der Waals surface area contributed by atoms with Crippen molar-refractivity contribution in [3.05, 3.63) is 29.8 Å². The van der Waals surface area contributed by atoms with Crippen LogP contribution in [0.2, 0.25) is 0 Å². The second kappa shape index (κ2) is 3.46. The maximum absolute atomic E-state index is 11.0. The van der Waals surface area contributed by atoms with Crippen molar-refractivity contribution in [2.24, 2.45) is 0 Å². The number of hydrogen-bond acceptors (Lipinski definition) is 2. The van der Waals surface area contributed by atoms with Gasteiger partial charge in [0.2, 0.25) is 0 Å². The van der Waals surface area contributed by atoms with Crippen LogP contribution < -0.4 is 10.6 Å². The van der Waals surface area contributed by atoms with E-state index in [-0.39, 0.29) is 17.2 Å². The Balaban J connectivity index is 2.22. The van der Waals surface area contributed by atoms with Gasteiger partial charge in [-0.25, -0.2) is 4.79 Å². The first kappa shape index (κ1) is 9.83. The molecule has 4 heteroatoms. The SMILES string of the molecule is CC1(c2ccc(O)cc2)CNC(=O)NC1. The molecule has 1 aromatic carbocycles. The molecule has 4 nitrogen and oxygen atoms in total. The quantitative estimate of drug-likeness (QED) is 0.641. The number of carbonyl (C=O) groups is 1. The molecular formula is C11H14N2O2. The van der Waals surface area contributed by atoms with E-state index in [0.717, 1.165) is 5.56 Å². The monoisotopic (exact) mass is 206 g/mol. The summed E-state index contributed by atoms with van der Waals surface area (Å²) < 4.78 is 0. The molecule has 1 aliphatic rings. The number of aromatic hydroxyl groups is 1. The van der Waals surface area contributed by atoms with Crippen molar-refractivity contribution in [3.8, 4) is 5.75 Å². The number of nitrogens with one attached hydrogen (secondary N) is 2. The molecule has 0 saturated carbocycles. The summed E-state index contributed by atoms with van der Waals surface area (Å²) in [4.78, 5) is 11.0. The lowest BCUT2D eigenvalue weighted by Crippen LogP contribution is -2.55. The molecule has 0 unspecified atom stereocenters. The van der Waals surface area contributed by atoms with Crippen LogP contribution >= 0.6 is 0 Å². The number of carbonyl (C=O) groups excluding carboxylic acids is 1. The lowest BCUT2D eigenvalue weighted by Gasteiger charge is -2.34. The summed E-state index contributed by atoms with van der Waals surface area (Å²) in [5.41, 5.74) is 0.995. The van der Waals surface area contributed by atoms with Crippen LogP contribution in [0.4, 0.5) is 4.79 Å². The van der Waals surface area contributed by atoms with E-state index in [1.807, 2.05) is 12.1 Å². The van der Waals surface area contributed by atoms with E-state index in [0.29, 0.717) is 13.1 Å². The molecule has 1 heterocycles. The fourth-order valence-electron chi connectivity index (χ4n) is 1.74. The highest BCUT2D eigenvalue weighted by molar-refractivity contribution is 5.75. The van der Waals surface area contributed by atoms with Gasteiger partial charge in [-0.3, -0.25) is 0 Å². The van der Waals surface area contributed by atoms with Crippen LogP contribution in [0, 0.1) is 0 Å². The van der Waals surface area contributed by atoms with Gasteiger partial charge in [0.05, 0.1) is 0 Å². The van der Waals surface area contributed by atoms with Crippen molar-refractivity contribution < 1.29 is 9.90 Å². The van der Waals surface area contributed by atoms with Crippen molar-refractivity contribution in [2.75, 3.05) is 13.1 Å². The highest BCUT2D eigenvalue weighted by Crippen LogP contribution is 2.25. The lowest BCUT2D eigenvalue weighted by atomic mass is 9.81. The Morgan fingerprint density at radius 1 is 1.20 bits per heavy atom. The highest BCUT2D eigenvalue weighted by Gasteiger charge is 2.31. The van der Waals surface area contributed by atoms with Crippen molar-refractivity contribution in [3.63, 3.8) is 0 Å². The predicted octanol–water partition coefficient (Wildman–Crippen LogP) is 0.963. The molecule has 0 aromatic heterocycles. The Morgan fingerprint density at radius 2 is 1.73 bits per heavy atom. The summed E-state index contributed by atoms with van der Waals surface area (Å²) in [6.07, 6.45) is 0. The Labute approximate surface area is 88.3 Å². The molecule has 0 spiro atoms. The number of hydrogen-bond donors (Lipinski definition) is 3. The van der Waals surface area contributed by atoms with Crippen molar-refractivity contribution in [1.82, 2.24) is 10.6 Å². The largest absolute Gasteiger partial charge is 0.508 e. The average molecular weight is 206 g/mol. The first-order valence-corrected chi connectivity index (χ1v) is 4.91. The summed E-state index contributed by atoms with van der Waals surface area (Å²) in [6.45, 7) is 3.30. The van der Waals surface area contributed by atoms with Gasteiger partial charge in [0, 0.05) is 18.5 Å². The Hall–Kier alpha value is -1.71. The molecule has 0 bridgehead atoms. The van der Waals surface area contributed by atoms with E-state index in [1.54, 1.807) is 12.1 Å². The van der Waals surface area contributed by atoms with Crippen molar-refractivity contribution in [2.45, 2.75) is 12.3 Å². The summed E-state index contributed by atoms with van der Waals surface area (Å²) in [6, 6.07) is 6.98. The van der Waals surface area contributed by atoms with Gasteiger partial charge in [-0.05, 0) is 17.7 Å². The molecule has 2 amide bonds. The molecule has 1 fully saturated rings. The number of amides is 2. The Morgan fingerprint density at radius 3 is 2.27 bits per heavy atom. The molecule has 1 aromatic rings. The Kier molecular flexibility index (Phi) is 2.26. The van der Waals surface area contributed by atoms with E-state index >= 15 is 0 Å². The molecule has 80 valence electrons. The van der Waals surface area contributed by atoms with E-state index < -0.39 is 0 Å². The Bertz CT molecular complexity index is 363. The van der Waals surface area contributed by atoms with Crippen LogP contribution in [0.15, 0.2) is 24.3 Å². The molecule has 0 radical (unpaired) electrons. The van der Waals surface area contributed by atoms with E-state index in [1.165, 1.54) is 0 Å². The minimum absolute atomic E-state index is 0.110. The zero-order valence-corrected chi connectivity index (χ0v) is 8.58. The first-order chi connectivity index (χ1) is 7.10. The fraction of sp³-hybridized carbons (Fsp3) is 0.364. The van der Waals surface area contributed by atoms with E-state index in [2.05, 4.69) is 17.6 Å². The van der Waals surface area contributed by atoms with Crippen molar-refractivity contribution in [1.29, 1.82) is 0 Å². The highest BCUT2D eigenvalue weighted by atomic mass is 16.3. The average Bonchev–Trinajstić information content (AvgIpc) is 2.24. The summed E-state index contributed by atoms with van der Waals surface area (Å²) >= 11 is 0. The van der Waals surface area contributed by atoms with Crippen LogP contribution in [-0.4, -0.2) is 24.2 Å². The smallest absolute Gasteiger partial charge is 0.314 e. The number of phenols is 1. The molecular weight excluding hydrogens is 192 g/mol. The predicted molar refractivity (Wildman–Crippen MR) is 56.9 cm³/mol. The van der Waals surface area contributed by atoms with Gasteiger partial charge >= 0.3 is 6.03 Å². The molecule has 3 N–H and O–H groups in total. The summed E-state index contributed by atoms with van der Waals surface area (Å²) in [5.74, 6) is 0.259. The molecule has 1 aliphatic heterocycles. The summed E-state index contributed by atoms with van der Waals surface area (Å²) in [7, 11) is 0. The number of rotatable bonds is 1. The topological polar surface area (TPSA) is 61.4 Å². The van der Waals surface area contributed by atoms with Crippen LogP contribution in [0.5, 0.6) is 5.75 Å². The van der Waals surface area contributed by atoms with Gasteiger partial charge in [-0.1, -0.05) is 19.1 Å². The number of phenolic OH excluding ortho intramolecular Hbond substituents is 1. The number of benzene rings is 1. The van der Waals surface area contributed by atoms with Crippen LogP contribution in [0.25, 0.3) is 0 Å². The van der Waals surface area contributed by atoms with Gasteiger partial charge in [0.15, 0.2) is 0 Å². The fourth-order valence-corrected chi connectivity index (χ4v) is 1.74. The normalized spacial score (nSPS) is 19.1. The number of urea groups is 1. The summed E-state index contributed by atoms with van der Waals surface area (Å²) in [5, 5.41) is 14.7. The van der Waals surface area contributed by atoms with Crippen molar-refractivity contribution >= 4 is 6.03 Å². The standard InChI is InChI=1S/C11H14N2O2/c1-11(6-12-10(15)13-7-11)8-2-4-9(14)5-3-8/h2-5,14H,6-7H2,1H3,(H2,12,13,15). The van der Waals surface area contributed by atoms with Crippen LogP contribution in [-0.2, 0) is 5.41 Å². The third kappa shape index (κ3) is 1.88. The van der Waals surface area contributed by atoms with E-state index in [4.69, 9.17) is 0 Å². The third-order valence-electron chi connectivity index (χ3n) is 2.84. The second-order valence-electron chi connectivity index (χ2n) is 4.14. The zero-order valence-electron chi connectivity index (χ0n) is 8.58. The van der Waals surface area contributed by atoms with Gasteiger partial charge in [0.1, 0.15) is 5.75 Å². The second-order valence-corrected chi connectivity index (χ2v) is 4.14. The molecule has 0 atom stereocenters. The molecule has 1 saturated heterocycles. The maximum atomic E-state index is 11.0.